The van der Waals surface area contributed by atoms with Crippen LogP contribution in [-0.4, -0.2) is 114 Å². The van der Waals surface area contributed by atoms with Crippen molar-refractivity contribution in [2.75, 3.05) is 45.5 Å². The molecule has 342 valence electrons. The fraction of sp³-hybridized carbons (Fsp3) is 0.489. The molecule has 2 fully saturated rings. The lowest BCUT2D eigenvalue weighted by Gasteiger charge is -2.33. The van der Waals surface area contributed by atoms with E-state index in [1.165, 1.54) is 20.6 Å². The molecule has 3 atom stereocenters. The van der Waals surface area contributed by atoms with Gasteiger partial charge in [0.15, 0.2) is 0 Å². The number of carbonyl (C=O) groups is 3. The van der Waals surface area contributed by atoms with Gasteiger partial charge in [0.1, 0.15) is 24.6 Å². The third kappa shape index (κ3) is 10.3. The Hall–Kier alpha value is -5.78. The second-order valence-corrected chi connectivity index (χ2v) is 24.2. The van der Waals surface area contributed by atoms with Crippen LogP contribution in [0.5, 0.6) is 0 Å². The van der Waals surface area contributed by atoms with Gasteiger partial charge in [-0.05, 0) is 83.3 Å². The summed E-state index contributed by atoms with van der Waals surface area (Å²) in [6.45, 7) is 17.4. The molecule has 2 aliphatic heterocycles. The van der Waals surface area contributed by atoms with Crippen LogP contribution in [0.3, 0.4) is 0 Å². The molecule has 2 aliphatic rings. The highest BCUT2D eigenvalue weighted by atomic mass is 28.3. The van der Waals surface area contributed by atoms with Crippen molar-refractivity contribution in [3.05, 3.63) is 66.6 Å². The summed E-state index contributed by atoms with van der Waals surface area (Å²) >= 11 is 0. The van der Waals surface area contributed by atoms with E-state index >= 15 is 0 Å². The molecule has 2 N–H and O–H groups in total. The number of benzene rings is 3. The lowest BCUT2D eigenvalue weighted by Crippen LogP contribution is -2.54. The molecule has 17 heteroatoms. The van der Waals surface area contributed by atoms with Crippen LogP contribution in [0.1, 0.15) is 58.8 Å². The zero-order chi connectivity index (χ0) is 45.7. The second kappa shape index (κ2) is 19.9. The molecule has 0 aliphatic carbocycles. The number of fused-ring (bicyclic) bond motifs is 2. The third-order valence-corrected chi connectivity index (χ3v) is 13.7. The predicted octanol–water partition coefficient (Wildman–Crippen LogP) is 8.19. The Balaban J connectivity index is 1.14. The fourth-order valence-corrected chi connectivity index (χ4v) is 9.20. The molecule has 16 nitrogen and oxygen atoms in total. The van der Waals surface area contributed by atoms with Crippen molar-refractivity contribution in [1.29, 1.82) is 0 Å². The Labute approximate surface area is 376 Å². The lowest BCUT2D eigenvalue weighted by atomic mass is 9.99. The van der Waals surface area contributed by atoms with Gasteiger partial charge in [-0.1, -0.05) is 77.7 Å². The SMILES string of the molecule is COOC=N[C@H](C(=O)N1CCC[C@H]1c1ncc(-c2ccc3cc(-c4ccc5nc(N6CCCN6C(=O)[C@@H](NC(=O)OC)C(C)C)n(COCC[Si](C)(C)C)c5c4)ccc3c2)[nH]1)C(C)C. The van der Waals surface area contributed by atoms with Crippen LogP contribution >= 0.6 is 0 Å². The van der Waals surface area contributed by atoms with E-state index in [4.69, 9.17) is 24.3 Å². The second-order valence-electron chi connectivity index (χ2n) is 18.5. The van der Waals surface area contributed by atoms with E-state index < -0.39 is 26.3 Å². The van der Waals surface area contributed by atoms with Crippen LogP contribution in [0.15, 0.2) is 65.8 Å². The molecule has 2 saturated heterocycles. The maximum absolute atomic E-state index is 14.1. The number of rotatable bonds is 17. The van der Waals surface area contributed by atoms with E-state index in [9.17, 15) is 14.4 Å². The highest BCUT2D eigenvalue weighted by Crippen LogP contribution is 2.36. The minimum Gasteiger partial charge on any atom is -0.453 e. The van der Waals surface area contributed by atoms with Gasteiger partial charge in [-0.3, -0.25) is 19.2 Å². The van der Waals surface area contributed by atoms with Gasteiger partial charge in [0.2, 0.25) is 18.3 Å². The molecule has 0 saturated carbocycles. The molecule has 0 unspecified atom stereocenters. The van der Waals surface area contributed by atoms with E-state index in [1.807, 2.05) is 49.9 Å². The van der Waals surface area contributed by atoms with Crippen LogP contribution in [-0.2, 0) is 35.6 Å². The Kier molecular flexibility index (Phi) is 14.4. The number of aromatic nitrogens is 4. The normalized spacial score (nSPS) is 16.8. The van der Waals surface area contributed by atoms with Gasteiger partial charge in [-0.15, -0.1) is 0 Å². The molecule has 0 spiro atoms. The monoisotopic (exact) mass is 893 g/mol. The number of aliphatic imine (C=N–C) groups is 1. The quantitative estimate of drug-likeness (QED) is 0.0232. The minimum absolute atomic E-state index is 0.0215. The summed E-state index contributed by atoms with van der Waals surface area (Å²) in [5, 5.41) is 8.53. The van der Waals surface area contributed by atoms with Crippen LogP contribution < -0.4 is 10.3 Å². The first-order chi connectivity index (χ1) is 30.7. The van der Waals surface area contributed by atoms with Crippen molar-refractivity contribution in [2.24, 2.45) is 16.8 Å². The lowest BCUT2D eigenvalue weighted by molar-refractivity contribution is -0.188. The average molecular weight is 894 g/mol. The predicted molar refractivity (Wildman–Crippen MR) is 251 cm³/mol. The van der Waals surface area contributed by atoms with Crippen molar-refractivity contribution in [3.8, 4) is 22.4 Å². The summed E-state index contributed by atoms with van der Waals surface area (Å²) in [7, 11) is 1.35. The Morgan fingerprint density at radius 1 is 0.906 bits per heavy atom. The first kappa shape index (κ1) is 46.2. The highest BCUT2D eigenvalue weighted by molar-refractivity contribution is 6.76. The molecule has 2 aromatic heterocycles. The standard InChI is InChI=1S/C47H63N9O7Si/c1-30(2)41(49-28-63-61-6)44(57)53-19-10-12-39(53)43-48-27-38(50-43)36-16-15-32-24-33(13-14-34(32)25-36)35-17-18-37-40(26-35)54(29-62-22-23-64(7,8)9)46(51-37)56-21-11-20-55(56)45(58)42(31(3)4)52-47(59)60-5/h13-18,24-28,30-31,39,41-42H,10-12,19-23,29H2,1-9H3,(H,48,50)(H,52,59)/t39-,41-,42-/m0/s1. The maximum Gasteiger partial charge on any atom is 0.407 e. The summed E-state index contributed by atoms with van der Waals surface area (Å²) in [5.41, 5.74) is 5.64. The molecule has 7 rings (SSSR count). The molecular formula is C47H63N9O7Si. The van der Waals surface area contributed by atoms with Gasteiger partial charge in [-0.25, -0.2) is 24.8 Å². The van der Waals surface area contributed by atoms with Gasteiger partial charge in [0.25, 0.3) is 5.91 Å². The number of amides is 3. The van der Waals surface area contributed by atoms with Crippen LogP contribution in [0.4, 0.5) is 10.7 Å². The van der Waals surface area contributed by atoms with Gasteiger partial charge in [-0.2, -0.15) is 4.89 Å². The first-order valence-corrected chi connectivity index (χ1v) is 26.0. The number of likely N-dealkylation sites (tertiary alicyclic amines) is 1. The number of hydrogen-bond acceptors (Lipinski definition) is 11. The van der Waals surface area contributed by atoms with Crippen LogP contribution in [0.2, 0.25) is 25.7 Å². The number of hydrogen-bond donors (Lipinski definition) is 2. The molecule has 0 bridgehead atoms. The fourth-order valence-electron chi connectivity index (χ4n) is 8.44. The Morgan fingerprint density at radius 2 is 1.62 bits per heavy atom. The summed E-state index contributed by atoms with van der Waals surface area (Å²) < 4.78 is 13.3. The van der Waals surface area contributed by atoms with E-state index in [1.54, 1.807) is 5.01 Å². The molecule has 0 radical (unpaired) electrons. The average Bonchev–Trinajstić information content (AvgIpc) is 4.11. The highest BCUT2D eigenvalue weighted by Gasteiger charge is 2.38. The molecule has 5 aromatic rings. The summed E-state index contributed by atoms with van der Waals surface area (Å²) in [6, 6.07) is 18.6. The largest absolute Gasteiger partial charge is 0.453 e. The number of H-pyrrole nitrogens is 1. The number of methoxy groups -OCH3 is 1. The number of hydrazine groups is 1. The summed E-state index contributed by atoms with van der Waals surface area (Å²) in [4.78, 5) is 69.0. The Morgan fingerprint density at radius 3 is 2.33 bits per heavy atom. The van der Waals surface area contributed by atoms with Crippen LogP contribution in [0, 0.1) is 11.8 Å². The Bertz CT molecular complexity index is 2480. The van der Waals surface area contributed by atoms with Gasteiger partial charge in [0, 0.05) is 39.9 Å². The molecule has 3 amide bonds. The maximum atomic E-state index is 14.1. The smallest absolute Gasteiger partial charge is 0.407 e. The molecule has 4 heterocycles. The van der Waals surface area contributed by atoms with E-state index in [0.29, 0.717) is 32.2 Å². The van der Waals surface area contributed by atoms with Crippen LogP contribution in [0.25, 0.3) is 44.2 Å². The number of alkyl carbamates (subject to hydrolysis) is 1. The van der Waals surface area contributed by atoms with E-state index in [-0.39, 0.29) is 36.4 Å². The third-order valence-electron chi connectivity index (χ3n) is 12.0. The van der Waals surface area contributed by atoms with Crippen molar-refractivity contribution in [1.82, 2.24) is 34.7 Å². The van der Waals surface area contributed by atoms with Gasteiger partial charge < -0.3 is 29.6 Å². The van der Waals surface area contributed by atoms with Crippen molar-refractivity contribution < 1.29 is 33.6 Å². The topological polar surface area (TPSA) is 169 Å². The molecule has 3 aromatic carbocycles. The van der Waals surface area contributed by atoms with Gasteiger partial charge in [0.05, 0.1) is 43.2 Å². The number of nitrogens with one attached hydrogen (secondary N) is 2. The first-order valence-electron chi connectivity index (χ1n) is 22.3. The van der Waals surface area contributed by atoms with E-state index in [2.05, 4.69) is 92.9 Å². The van der Waals surface area contributed by atoms with Crippen molar-refractivity contribution in [3.63, 3.8) is 0 Å². The van der Waals surface area contributed by atoms with E-state index in [0.717, 1.165) is 75.3 Å². The number of aromatic amines is 1. The number of nitrogens with zero attached hydrogens (tertiary/aromatic N) is 7. The minimum atomic E-state index is -1.35. The molecule has 64 heavy (non-hydrogen) atoms. The number of carbonyl (C=O) groups excluding carboxylic acids is 3. The van der Waals surface area contributed by atoms with Crippen molar-refractivity contribution in [2.45, 2.75) is 97.5 Å². The number of ether oxygens (including phenoxy) is 2. The zero-order valence-corrected chi connectivity index (χ0v) is 39.6. The van der Waals surface area contributed by atoms with Crippen molar-refractivity contribution >= 4 is 60.1 Å². The zero-order valence-electron chi connectivity index (χ0n) is 38.6. The van der Waals surface area contributed by atoms with Gasteiger partial charge >= 0.3 is 6.09 Å². The number of anilines is 1. The summed E-state index contributed by atoms with van der Waals surface area (Å²) in [5.74, 6) is 0.924. The summed E-state index contributed by atoms with van der Waals surface area (Å²) in [6.07, 6.45) is 4.83. The molecular weight excluding hydrogens is 831 g/mol. The number of imidazole rings is 2.